The molecule has 0 bridgehead atoms. The highest BCUT2D eigenvalue weighted by molar-refractivity contribution is 5.88. The molecule has 0 aliphatic carbocycles. The fourth-order valence-corrected chi connectivity index (χ4v) is 1.70. The third kappa shape index (κ3) is 4.06. The van der Waals surface area contributed by atoms with Gasteiger partial charge < -0.3 is 9.84 Å². The summed E-state index contributed by atoms with van der Waals surface area (Å²) in [5.74, 6) is 0.579. The number of carboxylic acids is 1. The van der Waals surface area contributed by atoms with Gasteiger partial charge in [0.15, 0.2) is 0 Å². The summed E-state index contributed by atoms with van der Waals surface area (Å²) < 4.78 is 5.74. The average molecular weight is 250 g/mol. The normalized spacial score (nSPS) is 12.2. The zero-order valence-electron chi connectivity index (χ0n) is 11.4. The van der Waals surface area contributed by atoms with Gasteiger partial charge in [0, 0.05) is 0 Å². The Morgan fingerprint density at radius 1 is 1.39 bits per heavy atom. The molecule has 0 saturated heterocycles. The van der Waals surface area contributed by atoms with E-state index < -0.39 is 5.97 Å². The minimum absolute atomic E-state index is 0.320. The van der Waals surface area contributed by atoms with Crippen LogP contribution in [0.4, 0.5) is 0 Å². The third-order valence-electron chi connectivity index (χ3n) is 3.25. The zero-order valence-corrected chi connectivity index (χ0v) is 11.4. The van der Waals surface area contributed by atoms with Crippen LogP contribution in [0.2, 0.25) is 0 Å². The smallest absolute Gasteiger partial charge is 0.335 e. The standard InChI is InChI=1S/C15H22O3/c1-4-11(3)8-9-18-14-7-6-13(15(16)17)10-12(14)5-2/h6-7,10-11H,4-5,8-9H2,1-3H3,(H,16,17). The molecule has 0 saturated carbocycles. The number of carbonyl (C=O) groups is 1. The monoisotopic (exact) mass is 250 g/mol. The molecule has 18 heavy (non-hydrogen) atoms. The zero-order chi connectivity index (χ0) is 13.5. The van der Waals surface area contributed by atoms with Crippen molar-refractivity contribution in [2.24, 2.45) is 5.92 Å². The van der Waals surface area contributed by atoms with E-state index in [-0.39, 0.29) is 0 Å². The summed E-state index contributed by atoms with van der Waals surface area (Å²) in [6.07, 6.45) is 2.96. The minimum Gasteiger partial charge on any atom is -0.493 e. The second-order valence-corrected chi connectivity index (χ2v) is 4.63. The van der Waals surface area contributed by atoms with E-state index in [0.717, 1.165) is 30.6 Å². The highest BCUT2D eigenvalue weighted by atomic mass is 16.5. The SMILES string of the molecule is CCc1cc(C(=O)O)ccc1OCCC(C)CC. The number of aromatic carboxylic acids is 1. The molecule has 1 aromatic carbocycles. The number of ether oxygens (including phenoxy) is 1. The predicted octanol–water partition coefficient (Wildman–Crippen LogP) is 3.76. The fraction of sp³-hybridized carbons (Fsp3) is 0.533. The molecule has 1 N–H and O–H groups in total. The topological polar surface area (TPSA) is 46.5 Å². The number of benzene rings is 1. The Labute approximate surface area is 109 Å². The molecule has 1 aromatic rings. The molecule has 0 heterocycles. The second-order valence-electron chi connectivity index (χ2n) is 4.63. The highest BCUT2D eigenvalue weighted by Crippen LogP contribution is 2.21. The summed E-state index contributed by atoms with van der Waals surface area (Å²) in [7, 11) is 0. The van der Waals surface area contributed by atoms with Crippen LogP contribution >= 0.6 is 0 Å². The van der Waals surface area contributed by atoms with Gasteiger partial charge in [0.05, 0.1) is 12.2 Å². The van der Waals surface area contributed by atoms with Gasteiger partial charge in [-0.2, -0.15) is 0 Å². The first kappa shape index (κ1) is 14.6. The quantitative estimate of drug-likeness (QED) is 0.801. The second kappa shape index (κ2) is 7.04. The molecular formula is C15H22O3. The maximum atomic E-state index is 10.9. The van der Waals surface area contributed by atoms with Crippen LogP contribution < -0.4 is 4.74 Å². The minimum atomic E-state index is -0.893. The van der Waals surface area contributed by atoms with Crippen molar-refractivity contribution in [3.05, 3.63) is 29.3 Å². The third-order valence-corrected chi connectivity index (χ3v) is 3.25. The van der Waals surface area contributed by atoms with Crippen molar-refractivity contribution in [3.63, 3.8) is 0 Å². The Morgan fingerprint density at radius 2 is 2.11 bits per heavy atom. The van der Waals surface area contributed by atoms with Crippen molar-refractivity contribution in [1.29, 1.82) is 0 Å². The maximum absolute atomic E-state index is 10.9. The van der Waals surface area contributed by atoms with Crippen LogP contribution in [-0.4, -0.2) is 17.7 Å². The molecular weight excluding hydrogens is 228 g/mol. The Kier molecular flexibility index (Phi) is 5.69. The summed E-state index contributed by atoms with van der Waals surface area (Å²) in [6.45, 7) is 7.07. The molecule has 0 fully saturated rings. The number of hydrogen-bond donors (Lipinski definition) is 1. The summed E-state index contributed by atoms with van der Waals surface area (Å²) in [5.41, 5.74) is 1.28. The first-order chi connectivity index (χ1) is 8.58. The summed E-state index contributed by atoms with van der Waals surface area (Å²) in [6, 6.07) is 5.06. The van der Waals surface area contributed by atoms with E-state index >= 15 is 0 Å². The number of hydrogen-bond acceptors (Lipinski definition) is 2. The first-order valence-electron chi connectivity index (χ1n) is 6.57. The molecule has 0 aliphatic rings. The molecule has 0 spiro atoms. The average Bonchev–Trinajstić information content (AvgIpc) is 2.38. The molecule has 0 aromatic heterocycles. The van der Waals surface area contributed by atoms with E-state index in [1.165, 1.54) is 0 Å². The Bertz CT molecular complexity index is 399. The van der Waals surface area contributed by atoms with Crippen molar-refractivity contribution >= 4 is 5.97 Å². The molecule has 0 aliphatic heterocycles. The lowest BCUT2D eigenvalue weighted by Crippen LogP contribution is -2.06. The van der Waals surface area contributed by atoms with Gasteiger partial charge in [0.25, 0.3) is 0 Å². The van der Waals surface area contributed by atoms with Crippen molar-refractivity contribution in [1.82, 2.24) is 0 Å². The summed E-state index contributed by atoms with van der Waals surface area (Å²) in [5, 5.41) is 8.94. The molecule has 3 heteroatoms. The molecule has 100 valence electrons. The van der Waals surface area contributed by atoms with Gasteiger partial charge in [0.2, 0.25) is 0 Å². The van der Waals surface area contributed by atoms with Crippen LogP contribution in [0.15, 0.2) is 18.2 Å². The van der Waals surface area contributed by atoms with Crippen molar-refractivity contribution in [2.45, 2.75) is 40.0 Å². The molecule has 1 unspecified atom stereocenters. The van der Waals surface area contributed by atoms with Crippen LogP contribution in [0.1, 0.15) is 49.5 Å². The number of carboxylic acid groups (broad SMARTS) is 1. The van der Waals surface area contributed by atoms with Crippen LogP contribution in [0.5, 0.6) is 5.75 Å². The lowest BCUT2D eigenvalue weighted by Gasteiger charge is -2.13. The molecule has 1 rings (SSSR count). The van der Waals surface area contributed by atoms with E-state index in [1.807, 2.05) is 6.92 Å². The van der Waals surface area contributed by atoms with Crippen LogP contribution in [0.3, 0.4) is 0 Å². The lowest BCUT2D eigenvalue weighted by atomic mass is 10.1. The summed E-state index contributed by atoms with van der Waals surface area (Å²) in [4.78, 5) is 10.9. The summed E-state index contributed by atoms with van der Waals surface area (Å²) >= 11 is 0. The van der Waals surface area contributed by atoms with E-state index in [0.29, 0.717) is 18.1 Å². The number of rotatable bonds is 7. The van der Waals surface area contributed by atoms with Gasteiger partial charge in [-0.3, -0.25) is 0 Å². The lowest BCUT2D eigenvalue weighted by molar-refractivity contribution is 0.0696. The predicted molar refractivity (Wildman–Crippen MR) is 72.3 cm³/mol. The fourth-order valence-electron chi connectivity index (χ4n) is 1.70. The van der Waals surface area contributed by atoms with E-state index in [1.54, 1.807) is 18.2 Å². The van der Waals surface area contributed by atoms with Crippen molar-refractivity contribution in [3.8, 4) is 5.75 Å². The van der Waals surface area contributed by atoms with Crippen LogP contribution in [0, 0.1) is 5.92 Å². The largest absolute Gasteiger partial charge is 0.493 e. The molecule has 3 nitrogen and oxygen atoms in total. The first-order valence-corrected chi connectivity index (χ1v) is 6.57. The number of aryl methyl sites for hydroxylation is 1. The van der Waals surface area contributed by atoms with Gasteiger partial charge in [-0.05, 0) is 42.5 Å². The Morgan fingerprint density at radius 3 is 2.67 bits per heavy atom. The van der Waals surface area contributed by atoms with Gasteiger partial charge in [-0.1, -0.05) is 27.2 Å². The van der Waals surface area contributed by atoms with Crippen LogP contribution in [-0.2, 0) is 6.42 Å². The Hall–Kier alpha value is -1.51. The maximum Gasteiger partial charge on any atom is 0.335 e. The van der Waals surface area contributed by atoms with Gasteiger partial charge in [0.1, 0.15) is 5.75 Å². The molecule has 0 radical (unpaired) electrons. The van der Waals surface area contributed by atoms with Gasteiger partial charge in [-0.25, -0.2) is 4.79 Å². The van der Waals surface area contributed by atoms with E-state index in [4.69, 9.17) is 9.84 Å². The van der Waals surface area contributed by atoms with Gasteiger partial charge >= 0.3 is 5.97 Å². The van der Waals surface area contributed by atoms with Gasteiger partial charge in [-0.15, -0.1) is 0 Å². The molecule has 0 amide bonds. The van der Waals surface area contributed by atoms with E-state index in [9.17, 15) is 4.79 Å². The Balaban J connectivity index is 2.68. The van der Waals surface area contributed by atoms with Crippen LogP contribution in [0.25, 0.3) is 0 Å². The van der Waals surface area contributed by atoms with Crippen molar-refractivity contribution in [2.75, 3.05) is 6.61 Å². The highest BCUT2D eigenvalue weighted by Gasteiger charge is 2.08. The van der Waals surface area contributed by atoms with E-state index in [2.05, 4.69) is 13.8 Å². The molecule has 1 atom stereocenters. The van der Waals surface area contributed by atoms with Crippen molar-refractivity contribution < 1.29 is 14.6 Å².